The molecule has 1 aromatic carbocycles. The van der Waals surface area contributed by atoms with Gasteiger partial charge >= 0.3 is 0 Å². The normalized spacial score (nSPS) is 12.7. The fourth-order valence-electron chi connectivity index (χ4n) is 1.62. The van der Waals surface area contributed by atoms with E-state index in [1.807, 2.05) is 50.2 Å². The van der Waals surface area contributed by atoms with Crippen molar-refractivity contribution in [1.29, 1.82) is 0 Å². The molecule has 1 nitrogen and oxygen atoms in total. The molecule has 0 aliphatic heterocycles. The van der Waals surface area contributed by atoms with Crippen molar-refractivity contribution in [3.05, 3.63) is 51.2 Å². The van der Waals surface area contributed by atoms with Gasteiger partial charge in [0.05, 0.1) is 15.8 Å². The number of thiophene rings is 1. The van der Waals surface area contributed by atoms with E-state index in [-0.39, 0.29) is 11.5 Å². The van der Waals surface area contributed by atoms with Crippen molar-refractivity contribution in [1.82, 2.24) is 0 Å². The largest absolute Gasteiger partial charge is 0.491 e. The molecule has 0 aliphatic carbocycles. The predicted molar refractivity (Wildman–Crippen MR) is 79.2 cm³/mol. The minimum Gasteiger partial charge on any atom is -0.491 e. The summed E-state index contributed by atoms with van der Waals surface area (Å²) in [7, 11) is 0. The highest BCUT2D eigenvalue weighted by molar-refractivity contribution is 7.16. The Morgan fingerprint density at radius 1 is 1.06 bits per heavy atom. The van der Waals surface area contributed by atoms with Crippen LogP contribution in [0.25, 0.3) is 0 Å². The molecule has 0 N–H and O–H groups in total. The topological polar surface area (TPSA) is 9.23 Å². The van der Waals surface area contributed by atoms with Crippen molar-refractivity contribution < 1.29 is 4.74 Å². The van der Waals surface area contributed by atoms with Gasteiger partial charge in [-0.2, -0.15) is 0 Å². The van der Waals surface area contributed by atoms with Crippen LogP contribution in [0.15, 0.2) is 36.4 Å². The molecule has 1 unspecified atom stereocenters. The Hall–Kier alpha value is -0.700. The number of halogens is 2. The molecule has 0 amide bonds. The van der Waals surface area contributed by atoms with Crippen molar-refractivity contribution >= 4 is 34.5 Å². The van der Waals surface area contributed by atoms with E-state index in [1.54, 1.807) is 0 Å². The molecule has 0 aliphatic rings. The van der Waals surface area contributed by atoms with Crippen molar-refractivity contribution in [2.24, 2.45) is 0 Å². The highest BCUT2D eigenvalue weighted by Crippen LogP contribution is 2.35. The summed E-state index contributed by atoms with van der Waals surface area (Å²) in [6.45, 7) is 4.01. The minimum atomic E-state index is -0.157. The van der Waals surface area contributed by atoms with Crippen LogP contribution in [-0.4, -0.2) is 6.10 Å². The maximum atomic E-state index is 6.41. The van der Waals surface area contributed by atoms with Gasteiger partial charge in [-0.05, 0) is 43.7 Å². The smallest absolute Gasteiger partial charge is 0.119 e. The highest BCUT2D eigenvalue weighted by Gasteiger charge is 2.13. The lowest BCUT2D eigenvalue weighted by Crippen LogP contribution is -2.05. The molecule has 96 valence electrons. The molecule has 0 saturated heterocycles. The third-order valence-electron chi connectivity index (χ3n) is 2.39. The first-order valence-electron chi connectivity index (χ1n) is 5.72. The summed E-state index contributed by atoms with van der Waals surface area (Å²) in [6, 6.07) is 11.7. The molecule has 4 heteroatoms. The van der Waals surface area contributed by atoms with Crippen LogP contribution in [0, 0.1) is 0 Å². The van der Waals surface area contributed by atoms with Crippen molar-refractivity contribution in [3.63, 3.8) is 0 Å². The van der Waals surface area contributed by atoms with Gasteiger partial charge in [0, 0.05) is 4.88 Å². The van der Waals surface area contributed by atoms with Crippen molar-refractivity contribution in [2.75, 3.05) is 0 Å². The van der Waals surface area contributed by atoms with Crippen LogP contribution in [0.5, 0.6) is 5.75 Å². The zero-order valence-electron chi connectivity index (χ0n) is 10.2. The van der Waals surface area contributed by atoms with Gasteiger partial charge in [-0.3, -0.25) is 0 Å². The number of benzene rings is 1. The summed E-state index contributed by atoms with van der Waals surface area (Å²) in [5, 5.41) is -0.157. The summed E-state index contributed by atoms with van der Waals surface area (Å²) in [5.41, 5.74) is 1.05. The van der Waals surface area contributed by atoms with Crippen LogP contribution < -0.4 is 4.74 Å². The Morgan fingerprint density at radius 2 is 1.72 bits per heavy atom. The van der Waals surface area contributed by atoms with Crippen LogP contribution in [0.2, 0.25) is 4.34 Å². The lowest BCUT2D eigenvalue weighted by molar-refractivity contribution is 0.242. The zero-order chi connectivity index (χ0) is 13.1. The second kappa shape index (κ2) is 5.96. The SMILES string of the molecule is CC(C)Oc1ccc(C(Cl)c2ccc(Cl)s2)cc1. The van der Waals surface area contributed by atoms with Gasteiger partial charge in [-0.1, -0.05) is 23.7 Å². The van der Waals surface area contributed by atoms with Crippen LogP contribution >= 0.6 is 34.5 Å². The quantitative estimate of drug-likeness (QED) is 0.676. The van der Waals surface area contributed by atoms with E-state index >= 15 is 0 Å². The maximum Gasteiger partial charge on any atom is 0.119 e. The standard InChI is InChI=1S/C14H14Cl2OS/c1-9(2)17-11-5-3-10(4-6-11)14(16)12-7-8-13(15)18-12/h3-9,14H,1-2H3. The van der Waals surface area contributed by atoms with Crippen LogP contribution in [0.3, 0.4) is 0 Å². The molecule has 18 heavy (non-hydrogen) atoms. The van der Waals surface area contributed by atoms with E-state index in [2.05, 4.69) is 0 Å². The third-order valence-corrected chi connectivity index (χ3v) is 4.30. The molecular formula is C14H14Cl2OS. The molecule has 0 saturated carbocycles. The van der Waals surface area contributed by atoms with Crippen molar-refractivity contribution in [3.8, 4) is 5.75 Å². The minimum absolute atomic E-state index is 0.157. The Bertz CT molecular complexity index is 505. The summed E-state index contributed by atoms with van der Waals surface area (Å²) in [4.78, 5) is 1.05. The van der Waals surface area contributed by atoms with Crippen LogP contribution in [-0.2, 0) is 0 Å². The van der Waals surface area contributed by atoms with E-state index in [0.29, 0.717) is 0 Å². The number of hydrogen-bond acceptors (Lipinski definition) is 2. The molecule has 2 rings (SSSR count). The van der Waals surface area contributed by atoms with Gasteiger partial charge in [0.2, 0.25) is 0 Å². The Morgan fingerprint density at radius 3 is 2.22 bits per heavy atom. The second-order valence-electron chi connectivity index (χ2n) is 4.24. The Kier molecular flexibility index (Phi) is 4.55. The molecule has 0 radical (unpaired) electrons. The highest BCUT2D eigenvalue weighted by atomic mass is 35.5. The summed E-state index contributed by atoms with van der Waals surface area (Å²) < 4.78 is 6.36. The summed E-state index contributed by atoms with van der Waals surface area (Å²) in [6.07, 6.45) is 0.179. The van der Waals surface area contributed by atoms with Gasteiger partial charge < -0.3 is 4.74 Å². The van der Waals surface area contributed by atoms with E-state index in [0.717, 1.165) is 20.5 Å². The molecule has 1 aromatic heterocycles. The summed E-state index contributed by atoms with van der Waals surface area (Å²) in [5.74, 6) is 0.863. The van der Waals surface area contributed by atoms with Crippen LogP contribution in [0.4, 0.5) is 0 Å². The number of rotatable bonds is 4. The molecule has 1 heterocycles. The lowest BCUT2D eigenvalue weighted by Gasteiger charge is -2.12. The molecular weight excluding hydrogens is 287 g/mol. The van der Waals surface area contributed by atoms with Gasteiger partial charge in [-0.25, -0.2) is 0 Å². The fraction of sp³-hybridized carbons (Fsp3) is 0.286. The van der Waals surface area contributed by atoms with Gasteiger partial charge in [0.25, 0.3) is 0 Å². The zero-order valence-corrected chi connectivity index (χ0v) is 12.5. The molecule has 0 fully saturated rings. The van der Waals surface area contributed by atoms with E-state index in [4.69, 9.17) is 27.9 Å². The second-order valence-corrected chi connectivity index (χ2v) is 6.42. The third kappa shape index (κ3) is 3.41. The van der Waals surface area contributed by atoms with Crippen LogP contribution in [0.1, 0.15) is 29.7 Å². The van der Waals surface area contributed by atoms with E-state index < -0.39 is 0 Å². The average Bonchev–Trinajstić information content (AvgIpc) is 2.75. The fourth-order valence-corrected chi connectivity index (χ4v) is 3.04. The lowest BCUT2D eigenvalue weighted by atomic mass is 10.1. The van der Waals surface area contributed by atoms with Gasteiger partial charge in [0.1, 0.15) is 5.75 Å². The molecule has 0 spiro atoms. The number of ether oxygens (including phenoxy) is 1. The van der Waals surface area contributed by atoms with Gasteiger partial charge in [0.15, 0.2) is 0 Å². The molecule has 2 aromatic rings. The monoisotopic (exact) mass is 300 g/mol. The first kappa shape index (κ1) is 13.7. The maximum absolute atomic E-state index is 6.41. The first-order valence-corrected chi connectivity index (χ1v) is 7.35. The Balaban J connectivity index is 2.14. The average molecular weight is 301 g/mol. The summed E-state index contributed by atoms with van der Waals surface area (Å²) >= 11 is 13.8. The molecule has 1 atom stereocenters. The Labute approximate surface area is 121 Å². The van der Waals surface area contributed by atoms with Crippen molar-refractivity contribution in [2.45, 2.75) is 25.3 Å². The van der Waals surface area contributed by atoms with Gasteiger partial charge in [-0.15, -0.1) is 22.9 Å². The van der Waals surface area contributed by atoms with E-state index in [9.17, 15) is 0 Å². The molecule has 0 bridgehead atoms. The first-order chi connectivity index (χ1) is 8.56. The van der Waals surface area contributed by atoms with E-state index in [1.165, 1.54) is 11.3 Å². The number of alkyl halides is 1. The predicted octanol–water partition coefficient (Wildman–Crippen LogP) is 5.52. The number of hydrogen-bond donors (Lipinski definition) is 0.